The molecule has 0 saturated carbocycles. The van der Waals surface area contributed by atoms with E-state index in [2.05, 4.69) is 154 Å². The van der Waals surface area contributed by atoms with Crippen LogP contribution in [-0.2, 0) is 28.6 Å². The molecule has 0 bridgehead atoms. The van der Waals surface area contributed by atoms with E-state index in [-0.39, 0.29) is 31.1 Å². The molecule has 0 aromatic heterocycles. The van der Waals surface area contributed by atoms with Gasteiger partial charge in [-0.2, -0.15) is 0 Å². The Morgan fingerprint density at radius 1 is 0.309 bits per heavy atom. The number of carbonyl (C=O) groups excluding carboxylic acids is 3. The van der Waals surface area contributed by atoms with E-state index in [0.717, 1.165) is 167 Å². The minimum atomic E-state index is -0.808. The maximum Gasteiger partial charge on any atom is 0.306 e. The Hall–Kier alpha value is -4.45. The van der Waals surface area contributed by atoms with Crippen molar-refractivity contribution in [1.82, 2.24) is 0 Å². The molecule has 0 amide bonds. The third kappa shape index (κ3) is 52.5. The lowest BCUT2D eigenvalue weighted by Gasteiger charge is -2.18. The highest BCUT2D eigenvalue weighted by atomic mass is 16.6. The van der Waals surface area contributed by atoms with Crippen LogP contribution in [0, 0.1) is 0 Å². The summed E-state index contributed by atoms with van der Waals surface area (Å²) in [7, 11) is 0. The van der Waals surface area contributed by atoms with E-state index in [9.17, 15) is 14.4 Å². The lowest BCUT2D eigenvalue weighted by atomic mass is 10.1. The van der Waals surface area contributed by atoms with E-state index in [1.165, 1.54) is 12.8 Å². The second-order valence-electron chi connectivity index (χ2n) is 17.4. The predicted octanol–water partition coefficient (Wildman–Crippen LogP) is 18.3. The zero-order valence-corrected chi connectivity index (χ0v) is 43.6. The normalized spacial score (nSPS) is 13.2. The molecule has 0 saturated heterocycles. The van der Waals surface area contributed by atoms with Crippen LogP contribution in [0.3, 0.4) is 0 Å². The van der Waals surface area contributed by atoms with Gasteiger partial charge in [0.05, 0.1) is 0 Å². The number of unbranched alkanes of at least 4 members (excludes halogenated alkanes) is 14. The Balaban J connectivity index is 4.42. The Kier molecular flexibility index (Phi) is 51.5. The van der Waals surface area contributed by atoms with Crippen molar-refractivity contribution < 1.29 is 28.6 Å². The fourth-order valence-corrected chi connectivity index (χ4v) is 6.85. The van der Waals surface area contributed by atoms with Gasteiger partial charge in [-0.25, -0.2) is 0 Å². The van der Waals surface area contributed by atoms with Gasteiger partial charge in [0.2, 0.25) is 0 Å². The average Bonchev–Trinajstić information content (AvgIpc) is 3.34. The Morgan fingerprint density at radius 2 is 0.574 bits per heavy atom. The molecular weight excluding hydrogens is 841 g/mol. The molecular formula is C62H98O6. The first kappa shape index (κ1) is 63.5. The molecule has 382 valence electrons. The lowest BCUT2D eigenvalue weighted by molar-refractivity contribution is -0.167. The highest BCUT2D eigenvalue weighted by Crippen LogP contribution is 2.13. The van der Waals surface area contributed by atoms with Gasteiger partial charge in [0.15, 0.2) is 6.10 Å². The van der Waals surface area contributed by atoms with E-state index in [4.69, 9.17) is 14.2 Å². The van der Waals surface area contributed by atoms with Crippen LogP contribution in [0.25, 0.3) is 0 Å². The summed E-state index contributed by atoms with van der Waals surface area (Å²) in [4.78, 5) is 38.0. The van der Waals surface area contributed by atoms with Crippen LogP contribution in [-0.4, -0.2) is 37.2 Å². The molecule has 6 heteroatoms. The maximum atomic E-state index is 12.8. The minimum absolute atomic E-state index is 0.105. The SMILES string of the molecule is CC/C=C\C/C=C\C/C=C\C/C=C\C/C=C\C/C=C\C/C=C\CCCCCC(=O)OCC(COC(=O)CCCCCCC/C=C\CCC)OC(=O)CCCCCCC/C=C\C/C=C\C/C=C\CC. The Labute approximate surface area is 417 Å². The van der Waals surface area contributed by atoms with Gasteiger partial charge in [0, 0.05) is 19.3 Å². The lowest BCUT2D eigenvalue weighted by Crippen LogP contribution is -2.30. The van der Waals surface area contributed by atoms with Crippen LogP contribution >= 0.6 is 0 Å². The summed E-state index contributed by atoms with van der Waals surface area (Å²) >= 11 is 0. The minimum Gasteiger partial charge on any atom is -0.462 e. The molecule has 1 unspecified atom stereocenters. The van der Waals surface area contributed by atoms with Crippen molar-refractivity contribution in [2.45, 2.75) is 226 Å². The van der Waals surface area contributed by atoms with Crippen molar-refractivity contribution in [1.29, 1.82) is 0 Å². The number of ether oxygens (including phenoxy) is 3. The fraction of sp³-hybridized carbons (Fsp3) is 0.597. The number of carbonyl (C=O) groups is 3. The zero-order chi connectivity index (χ0) is 49.3. The molecule has 0 aromatic rings. The van der Waals surface area contributed by atoms with Gasteiger partial charge in [-0.1, -0.05) is 206 Å². The molecule has 0 spiro atoms. The zero-order valence-electron chi connectivity index (χ0n) is 43.6. The summed E-state index contributed by atoms with van der Waals surface area (Å²) in [6, 6.07) is 0. The van der Waals surface area contributed by atoms with Crippen molar-refractivity contribution in [3.8, 4) is 0 Å². The number of allylic oxidation sites excluding steroid dienone is 22. The molecule has 0 rings (SSSR count). The molecule has 0 N–H and O–H groups in total. The van der Waals surface area contributed by atoms with Crippen molar-refractivity contribution in [3.63, 3.8) is 0 Å². The van der Waals surface area contributed by atoms with Gasteiger partial charge >= 0.3 is 17.9 Å². The molecule has 0 aromatic carbocycles. The third-order valence-corrected chi connectivity index (χ3v) is 10.9. The van der Waals surface area contributed by atoms with Crippen molar-refractivity contribution in [2.75, 3.05) is 13.2 Å². The summed E-state index contributed by atoms with van der Waals surface area (Å²) in [6.45, 7) is 6.28. The average molecular weight is 939 g/mol. The van der Waals surface area contributed by atoms with Gasteiger partial charge in [0.25, 0.3) is 0 Å². The predicted molar refractivity (Wildman–Crippen MR) is 292 cm³/mol. The molecule has 0 aliphatic heterocycles. The summed E-state index contributed by atoms with van der Waals surface area (Å²) in [6.07, 6.45) is 77.3. The summed E-state index contributed by atoms with van der Waals surface area (Å²) in [5, 5.41) is 0. The van der Waals surface area contributed by atoms with Crippen LogP contribution in [0.1, 0.15) is 220 Å². The first-order valence-electron chi connectivity index (χ1n) is 27.2. The highest BCUT2D eigenvalue weighted by Gasteiger charge is 2.19. The summed E-state index contributed by atoms with van der Waals surface area (Å²) in [5.41, 5.74) is 0. The Morgan fingerprint density at radius 3 is 0.926 bits per heavy atom. The van der Waals surface area contributed by atoms with Crippen LogP contribution in [0.4, 0.5) is 0 Å². The highest BCUT2D eigenvalue weighted by molar-refractivity contribution is 5.71. The van der Waals surface area contributed by atoms with E-state index >= 15 is 0 Å². The third-order valence-electron chi connectivity index (χ3n) is 10.9. The van der Waals surface area contributed by atoms with Crippen molar-refractivity contribution in [3.05, 3.63) is 134 Å². The van der Waals surface area contributed by atoms with Gasteiger partial charge in [0.1, 0.15) is 13.2 Å². The quantitative estimate of drug-likeness (QED) is 0.0262. The fourth-order valence-electron chi connectivity index (χ4n) is 6.85. The van der Waals surface area contributed by atoms with E-state index in [1.807, 2.05) is 0 Å². The molecule has 6 nitrogen and oxygen atoms in total. The summed E-state index contributed by atoms with van der Waals surface area (Å²) in [5.74, 6) is -0.975. The first-order chi connectivity index (χ1) is 33.5. The van der Waals surface area contributed by atoms with Gasteiger partial charge in [-0.3, -0.25) is 14.4 Å². The molecule has 0 aliphatic rings. The smallest absolute Gasteiger partial charge is 0.306 e. The van der Waals surface area contributed by atoms with Crippen LogP contribution in [0.5, 0.6) is 0 Å². The van der Waals surface area contributed by atoms with Crippen molar-refractivity contribution >= 4 is 17.9 Å². The second-order valence-corrected chi connectivity index (χ2v) is 17.4. The van der Waals surface area contributed by atoms with Crippen LogP contribution in [0.2, 0.25) is 0 Å². The van der Waals surface area contributed by atoms with E-state index in [0.29, 0.717) is 19.3 Å². The molecule has 0 aliphatic carbocycles. The number of rotatable bonds is 47. The van der Waals surface area contributed by atoms with Crippen LogP contribution < -0.4 is 0 Å². The number of esters is 3. The van der Waals surface area contributed by atoms with Crippen LogP contribution in [0.15, 0.2) is 134 Å². The largest absolute Gasteiger partial charge is 0.462 e. The second kappa shape index (κ2) is 55.1. The standard InChI is InChI=1S/C62H98O6/c1-4-7-10-13-16-19-22-24-26-27-28-29-30-31-32-33-34-35-37-38-40-43-46-49-52-55-61(64)67-58-59(57-66-60(63)54-51-48-45-42-21-18-15-12-9-6-3)68-62(65)56-53-50-47-44-41-39-36-25-23-20-17-14-11-8-5-2/h7-8,10-12,15-17,19-20,24-26,28-29,31-32,34-36,38,40,59H,4-6,9,13-14,18,21-23,27,30,33,37,39,41-58H2,1-3H3/b10-7-,11-8-,15-12-,19-16-,20-17-,26-24-,29-28-,32-31-,35-34-,36-25-,40-38-. The Bertz CT molecular complexity index is 1500. The molecule has 0 fully saturated rings. The van der Waals surface area contributed by atoms with Gasteiger partial charge in [-0.05, 0) is 128 Å². The molecule has 0 heterocycles. The number of hydrogen-bond donors (Lipinski definition) is 0. The molecule has 0 radical (unpaired) electrons. The monoisotopic (exact) mass is 939 g/mol. The summed E-state index contributed by atoms with van der Waals surface area (Å²) < 4.78 is 16.7. The van der Waals surface area contributed by atoms with E-state index < -0.39 is 6.10 Å². The number of hydrogen-bond acceptors (Lipinski definition) is 6. The molecule has 1 atom stereocenters. The topological polar surface area (TPSA) is 78.9 Å². The maximum absolute atomic E-state index is 12.8. The van der Waals surface area contributed by atoms with Gasteiger partial charge < -0.3 is 14.2 Å². The van der Waals surface area contributed by atoms with Gasteiger partial charge in [-0.15, -0.1) is 0 Å². The molecule has 68 heavy (non-hydrogen) atoms. The van der Waals surface area contributed by atoms with E-state index in [1.54, 1.807) is 0 Å². The first-order valence-corrected chi connectivity index (χ1v) is 27.2. The van der Waals surface area contributed by atoms with Crippen molar-refractivity contribution in [2.24, 2.45) is 0 Å².